The van der Waals surface area contributed by atoms with E-state index in [9.17, 15) is 0 Å². The molecule has 102 valence electrons. The molecule has 1 rings (SSSR count). The molecule has 2 nitrogen and oxygen atoms in total. The molecule has 0 aromatic rings. The monoisotopic (exact) mass is 241 g/mol. The van der Waals surface area contributed by atoms with Gasteiger partial charge in [-0.1, -0.05) is 34.6 Å². The fraction of sp³-hybridized carbons (Fsp3) is 1.00. The molecule has 0 aliphatic carbocycles. The minimum atomic E-state index is 0.514. The van der Waals surface area contributed by atoms with Crippen LogP contribution in [-0.4, -0.2) is 37.2 Å². The molecular formula is C15H31NO. The van der Waals surface area contributed by atoms with Crippen molar-refractivity contribution in [2.24, 2.45) is 17.8 Å². The molecule has 1 unspecified atom stereocenters. The predicted molar refractivity (Wildman–Crippen MR) is 74.3 cm³/mol. The van der Waals surface area contributed by atoms with E-state index in [0.717, 1.165) is 18.4 Å². The van der Waals surface area contributed by atoms with Crippen molar-refractivity contribution >= 4 is 0 Å². The Morgan fingerprint density at radius 2 is 1.65 bits per heavy atom. The van der Waals surface area contributed by atoms with E-state index < -0.39 is 0 Å². The summed E-state index contributed by atoms with van der Waals surface area (Å²) in [7, 11) is 0. The van der Waals surface area contributed by atoms with Crippen LogP contribution >= 0.6 is 0 Å². The lowest BCUT2D eigenvalue weighted by Crippen LogP contribution is -2.39. The van der Waals surface area contributed by atoms with E-state index in [2.05, 4.69) is 39.5 Å². The largest absolute Gasteiger partial charge is 0.378 e. The molecule has 0 spiro atoms. The van der Waals surface area contributed by atoms with Crippen LogP contribution in [0.3, 0.4) is 0 Å². The van der Waals surface area contributed by atoms with E-state index in [4.69, 9.17) is 4.74 Å². The smallest absolute Gasteiger partial charge is 0.0599 e. The predicted octanol–water partition coefficient (Wildman–Crippen LogP) is 3.42. The van der Waals surface area contributed by atoms with Crippen molar-refractivity contribution < 1.29 is 4.74 Å². The number of ether oxygens (including phenoxy) is 1. The van der Waals surface area contributed by atoms with Gasteiger partial charge in [-0.2, -0.15) is 0 Å². The van der Waals surface area contributed by atoms with E-state index >= 15 is 0 Å². The molecule has 1 saturated heterocycles. The van der Waals surface area contributed by atoms with Crippen molar-refractivity contribution in [2.45, 2.75) is 53.6 Å². The summed E-state index contributed by atoms with van der Waals surface area (Å²) in [6.45, 7) is 16.1. The molecule has 0 N–H and O–H groups in total. The molecule has 0 aromatic carbocycles. The second-order valence-corrected chi connectivity index (χ2v) is 6.45. The van der Waals surface area contributed by atoms with Gasteiger partial charge >= 0.3 is 0 Å². The second kappa shape index (κ2) is 7.38. The fourth-order valence-electron chi connectivity index (χ4n) is 2.26. The van der Waals surface area contributed by atoms with Crippen molar-refractivity contribution in [2.75, 3.05) is 26.2 Å². The third-order valence-electron chi connectivity index (χ3n) is 3.89. The van der Waals surface area contributed by atoms with Crippen molar-refractivity contribution in [3.05, 3.63) is 0 Å². The molecule has 2 heteroatoms. The maximum absolute atomic E-state index is 6.03. The molecule has 0 aromatic heterocycles. The number of piperidine rings is 1. The molecule has 1 atom stereocenters. The highest BCUT2D eigenvalue weighted by Gasteiger charge is 2.20. The van der Waals surface area contributed by atoms with Gasteiger partial charge in [0.15, 0.2) is 0 Å². The Morgan fingerprint density at radius 1 is 1.06 bits per heavy atom. The minimum absolute atomic E-state index is 0.514. The van der Waals surface area contributed by atoms with Gasteiger partial charge in [0.25, 0.3) is 0 Å². The number of rotatable bonds is 6. The highest BCUT2D eigenvalue weighted by Crippen LogP contribution is 2.17. The first kappa shape index (κ1) is 15.0. The highest BCUT2D eigenvalue weighted by molar-refractivity contribution is 4.73. The van der Waals surface area contributed by atoms with E-state index in [0.29, 0.717) is 12.0 Å². The molecule has 0 bridgehead atoms. The Kier molecular flexibility index (Phi) is 6.50. The zero-order chi connectivity index (χ0) is 12.8. The topological polar surface area (TPSA) is 12.5 Å². The Balaban J connectivity index is 2.15. The molecule has 17 heavy (non-hydrogen) atoms. The van der Waals surface area contributed by atoms with Crippen molar-refractivity contribution in [1.82, 2.24) is 4.90 Å². The molecule has 1 aliphatic heterocycles. The van der Waals surface area contributed by atoms with Crippen LogP contribution in [-0.2, 0) is 4.74 Å². The third kappa shape index (κ3) is 5.87. The molecule has 0 amide bonds. The Bertz CT molecular complexity index is 195. The summed E-state index contributed by atoms with van der Waals surface area (Å²) in [5.41, 5.74) is 0. The van der Waals surface area contributed by atoms with Crippen LogP contribution in [0.1, 0.15) is 47.5 Å². The Labute approximate surface area is 108 Å². The summed E-state index contributed by atoms with van der Waals surface area (Å²) in [4.78, 5) is 2.58. The maximum atomic E-state index is 6.03. The third-order valence-corrected chi connectivity index (χ3v) is 3.89. The van der Waals surface area contributed by atoms with E-state index in [1.54, 1.807) is 0 Å². The van der Waals surface area contributed by atoms with E-state index in [1.807, 2.05) is 0 Å². The molecule has 1 heterocycles. The molecule has 0 saturated carbocycles. The van der Waals surface area contributed by atoms with Crippen molar-refractivity contribution in [3.63, 3.8) is 0 Å². The fourth-order valence-corrected chi connectivity index (χ4v) is 2.26. The van der Waals surface area contributed by atoms with Crippen LogP contribution in [0.25, 0.3) is 0 Å². The van der Waals surface area contributed by atoms with Crippen LogP contribution in [0.15, 0.2) is 0 Å². The molecule has 0 radical (unpaired) electrons. The van der Waals surface area contributed by atoms with Crippen molar-refractivity contribution in [3.8, 4) is 0 Å². The molecule has 1 aliphatic rings. The average molecular weight is 241 g/mol. The van der Waals surface area contributed by atoms with Crippen molar-refractivity contribution in [1.29, 1.82) is 0 Å². The van der Waals surface area contributed by atoms with E-state index in [-0.39, 0.29) is 0 Å². The van der Waals surface area contributed by atoms with Gasteiger partial charge in [0.05, 0.1) is 6.10 Å². The number of likely N-dealkylation sites (tertiary alicyclic amines) is 1. The summed E-state index contributed by atoms with van der Waals surface area (Å²) in [5, 5.41) is 0. The van der Waals surface area contributed by atoms with Gasteiger partial charge in [-0.05, 0) is 30.6 Å². The van der Waals surface area contributed by atoms with Crippen LogP contribution < -0.4 is 0 Å². The van der Waals surface area contributed by atoms with Crippen LogP contribution in [0, 0.1) is 17.8 Å². The van der Waals surface area contributed by atoms with Gasteiger partial charge in [0, 0.05) is 26.2 Å². The van der Waals surface area contributed by atoms with Crippen LogP contribution in [0.2, 0.25) is 0 Å². The van der Waals surface area contributed by atoms with Gasteiger partial charge in [-0.3, -0.25) is 0 Å². The second-order valence-electron chi connectivity index (χ2n) is 6.45. The van der Waals surface area contributed by atoms with Gasteiger partial charge in [0.2, 0.25) is 0 Å². The quantitative estimate of drug-likeness (QED) is 0.706. The number of hydrogen-bond donors (Lipinski definition) is 0. The summed E-state index contributed by atoms with van der Waals surface area (Å²) < 4.78 is 6.03. The summed E-state index contributed by atoms with van der Waals surface area (Å²) in [6.07, 6.45) is 2.95. The van der Waals surface area contributed by atoms with Crippen LogP contribution in [0.5, 0.6) is 0 Å². The van der Waals surface area contributed by atoms with Crippen LogP contribution in [0.4, 0.5) is 0 Å². The van der Waals surface area contributed by atoms with Gasteiger partial charge in [-0.15, -0.1) is 0 Å². The number of nitrogens with zero attached hydrogens (tertiary/aromatic N) is 1. The lowest BCUT2D eigenvalue weighted by molar-refractivity contribution is -0.0145. The highest BCUT2D eigenvalue weighted by atomic mass is 16.5. The zero-order valence-electron chi connectivity index (χ0n) is 12.4. The summed E-state index contributed by atoms with van der Waals surface area (Å²) in [6, 6.07) is 0. The van der Waals surface area contributed by atoms with Gasteiger partial charge in [-0.25, -0.2) is 0 Å². The average Bonchev–Trinajstić information content (AvgIpc) is 2.26. The summed E-state index contributed by atoms with van der Waals surface area (Å²) in [5.74, 6) is 2.20. The standard InChI is InChI=1S/C15H31NO/c1-12(2)10-16-8-6-15(7-9-16)17-11-14(5)13(3)4/h12-15H,6-11H2,1-5H3. The van der Waals surface area contributed by atoms with Gasteiger partial charge in [0.1, 0.15) is 0 Å². The lowest BCUT2D eigenvalue weighted by Gasteiger charge is -2.33. The first-order valence-corrected chi connectivity index (χ1v) is 7.33. The SMILES string of the molecule is CC(C)CN1CCC(OCC(C)C(C)C)CC1. The minimum Gasteiger partial charge on any atom is -0.378 e. The Hall–Kier alpha value is -0.0800. The maximum Gasteiger partial charge on any atom is 0.0599 e. The first-order valence-electron chi connectivity index (χ1n) is 7.33. The lowest BCUT2D eigenvalue weighted by atomic mass is 9.99. The number of hydrogen-bond acceptors (Lipinski definition) is 2. The van der Waals surface area contributed by atoms with E-state index in [1.165, 1.54) is 32.5 Å². The van der Waals surface area contributed by atoms with Gasteiger partial charge < -0.3 is 9.64 Å². The first-order chi connectivity index (χ1) is 7.99. The molecule has 1 fully saturated rings. The Morgan fingerprint density at radius 3 is 2.12 bits per heavy atom. The molecular weight excluding hydrogens is 210 g/mol. The zero-order valence-corrected chi connectivity index (χ0v) is 12.4. The normalized spacial score (nSPS) is 21.4. The summed E-state index contributed by atoms with van der Waals surface area (Å²) >= 11 is 0.